The summed E-state index contributed by atoms with van der Waals surface area (Å²) in [6.07, 6.45) is -4.17. The highest BCUT2D eigenvalue weighted by Gasteiger charge is 2.45. The topological polar surface area (TPSA) is 57.5 Å². The second-order valence-electron chi connectivity index (χ2n) is 5.27. The Morgan fingerprint density at radius 1 is 1.40 bits per heavy atom. The first-order chi connectivity index (χ1) is 11.7. The number of alkyl halides is 3. The Morgan fingerprint density at radius 2 is 2.08 bits per heavy atom. The summed E-state index contributed by atoms with van der Waals surface area (Å²) in [4.78, 5) is 24.2. The van der Waals surface area contributed by atoms with E-state index in [0.29, 0.717) is 16.8 Å². The van der Waals surface area contributed by atoms with Crippen molar-refractivity contribution in [3.05, 3.63) is 39.7 Å². The maximum Gasteiger partial charge on any atom is 0.412 e. The van der Waals surface area contributed by atoms with Gasteiger partial charge in [0.15, 0.2) is 17.6 Å². The predicted molar refractivity (Wildman–Crippen MR) is 74.7 cm³/mol. The average Bonchev–Trinajstić information content (AvgIpc) is 2.53. The number of hydrogen-bond donors (Lipinski definition) is 0. The van der Waals surface area contributed by atoms with Crippen molar-refractivity contribution in [2.75, 3.05) is 13.2 Å². The van der Waals surface area contributed by atoms with Crippen LogP contribution in [-0.4, -0.2) is 29.9 Å². The third-order valence-corrected chi connectivity index (χ3v) is 3.76. The molecule has 1 aliphatic rings. The molecule has 2 heterocycles. The number of esters is 1. The van der Waals surface area contributed by atoms with Gasteiger partial charge in [0.1, 0.15) is 12.2 Å². The molecule has 3 rings (SSSR count). The van der Waals surface area contributed by atoms with Gasteiger partial charge in [0, 0.05) is 6.20 Å². The van der Waals surface area contributed by atoms with Crippen LogP contribution in [0.1, 0.15) is 23.3 Å². The van der Waals surface area contributed by atoms with Crippen molar-refractivity contribution < 1.29 is 36.2 Å². The van der Waals surface area contributed by atoms with E-state index in [2.05, 4.69) is 4.74 Å². The summed E-state index contributed by atoms with van der Waals surface area (Å²) in [7, 11) is 0. The van der Waals surface area contributed by atoms with Crippen LogP contribution in [0.15, 0.2) is 17.1 Å². The zero-order valence-electron chi connectivity index (χ0n) is 12.6. The van der Waals surface area contributed by atoms with Gasteiger partial charge in [-0.15, -0.1) is 0 Å². The Kier molecular flexibility index (Phi) is 3.92. The monoisotopic (exact) mass is 363 g/mol. The molecule has 1 aliphatic heterocycles. The molecule has 25 heavy (non-hydrogen) atoms. The number of halogens is 5. The van der Waals surface area contributed by atoms with E-state index < -0.39 is 64.1 Å². The molecule has 1 aromatic heterocycles. The summed E-state index contributed by atoms with van der Waals surface area (Å²) in [6, 6.07) is -1.83. The lowest BCUT2D eigenvalue weighted by molar-refractivity contribution is -0.175. The molecule has 1 atom stereocenters. The molecule has 1 unspecified atom stereocenters. The molecule has 0 amide bonds. The minimum Gasteiger partial charge on any atom is -0.486 e. The van der Waals surface area contributed by atoms with Crippen molar-refractivity contribution in [3.8, 4) is 5.75 Å². The van der Waals surface area contributed by atoms with Gasteiger partial charge in [0.2, 0.25) is 11.2 Å². The number of rotatable bonds is 2. The van der Waals surface area contributed by atoms with E-state index in [1.165, 1.54) is 6.92 Å². The lowest BCUT2D eigenvalue weighted by atomic mass is 10.1. The van der Waals surface area contributed by atoms with Gasteiger partial charge in [-0.25, -0.2) is 9.18 Å². The molecule has 0 saturated carbocycles. The number of carbonyl (C=O) groups is 1. The van der Waals surface area contributed by atoms with Gasteiger partial charge in [0.25, 0.3) is 0 Å². The van der Waals surface area contributed by atoms with Crippen LogP contribution in [0.3, 0.4) is 0 Å². The number of ether oxygens (including phenoxy) is 2. The van der Waals surface area contributed by atoms with Crippen molar-refractivity contribution in [1.29, 1.82) is 0 Å². The fourth-order valence-corrected chi connectivity index (χ4v) is 2.66. The van der Waals surface area contributed by atoms with E-state index in [-0.39, 0.29) is 6.61 Å². The first-order valence-electron chi connectivity index (χ1n) is 7.10. The Labute approximate surface area is 136 Å². The molecular weight excluding hydrogens is 353 g/mol. The van der Waals surface area contributed by atoms with Crippen LogP contribution in [-0.2, 0) is 4.74 Å². The fourth-order valence-electron chi connectivity index (χ4n) is 2.66. The van der Waals surface area contributed by atoms with E-state index in [4.69, 9.17) is 4.74 Å². The summed E-state index contributed by atoms with van der Waals surface area (Å²) in [5, 5.41) is -0.603. The van der Waals surface area contributed by atoms with E-state index in [1.807, 2.05) is 0 Å². The van der Waals surface area contributed by atoms with Gasteiger partial charge < -0.3 is 14.0 Å². The van der Waals surface area contributed by atoms with Crippen LogP contribution < -0.4 is 10.2 Å². The zero-order valence-corrected chi connectivity index (χ0v) is 12.6. The van der Waals surface area contributed by atoms with Gasteiger partial charge in [-0.2, -0.15) is 17.6 Å². The molecule has 10 heteroatoms. The standard InChI is InChI=1S/C15H10F5NO4/c1-2-24-14(23)7-4-21-9(15(18,19)20)5-25-13-10(17)8(16)3-6(11(13)21)12(7)22/h3-4,9H,2,5H2,1H3. The summed E-state index contributed by atoms with van der Waals surface area (Å²) in [5.41, 5.74) is -2.34. The Hall–Kier alpha value is -2.65. The average molecular weight is 363 g/mol. The first-order valence-corrected chi connectivity index (χ1v) is 7.10. The van der Waals surface area contributed by atoms with Crippen LogP contribution in [0.5, 0.6) is 5.75 Å². The summed E-state index contributed by atoms with van der Waals surface area (Å²) in [5.74, 6) is -4.94. The number of pyridine rings is 1. The van der Waals surface area contributed by atoms with Crippen molar-refractivity contribution in [3.63, 3.8) is 0 Å². The molecule has 0 radical (unpaired) electrons. The summed E-state index contributed by atoms with van der Waals surface area (Å²) >= 11 is 0. The van der Waals surface area contributed by atoms with Crippen LogP contribution in [0.4, 0.5) is 22.0 Å². The molecule has 5 nitrogen and oxygen atoms in total. The van der Waals surface area contributed by atoms with E-state index >= 15 is 0 Å². The van der Waals surface area contributed by atoms with E-state index in [0.717, 1.165) is 0 Å². The maximum atomic E-state index is 13.9. The molecule has 0 bridgehead atoms. The van der Waals surface area contributed by atoms with Gasteiger partial charge in [-0.3, -0.25) is 4.79 Å². The SMILES string of the molecule is CCOC(=O)c1cn2c3c(c(F)c(F)cc3c1=O)OCC2C(F)(F)F. The maximum absolute atomic E-state index is 13.9. The first kappa shape index (κ1) is 17.2. The van der Waals surface area contributed by atoms with Crippen LogP contribution in [0.25, 0.3) is 10.9 Å². The third kappa shape index (κ3) is 2.61. The van der Waals surface area contributed by atoms with Gasteiger partial charge in [-0.05, 0) is 13.0 Å². The van der Waals surface area contributed by atoms with Gasteiger partial charge in [-0.1, -0.05) is 0 Å². The summed E-state index contributed by atoms with van der Waals surface area (Å²) < 4.78 is 77.3. The second kappa shape index (κ2) is 5.71. The molecule has 0 aliphatic carbocycles. The van der Waals surface area contributed by atoms with Crippen LogP contribution in [0.2, 0.25) is 0 Å². The molecule has 0 N–H and O–H groups in total. The Balaban J connectivity index is 2.43. The quantitative estimate of drug-likeness (QED) is 0.608. The van der Waals surface area contributed by atoms with Crippen LogP contribution >= 0.6 is 0 Å². The highest BCUT2D eigenvalue weighted by Crippen LogP contribution is 2.41. The summed E-state index contributed by atoms with van der Waals surface area (Å²) in [6.45, 7) is 0.294. The molecule has 0 spiro atoms. The number of hydrogen-bond acceptors (Lipinski definition) is 4. The number of aromatic nitrogens is 1. The molecule has 0 saturated heterocycles. The van der Waals surface area contributed by atoms with Crippen molar-refractivity contribution in [2.45, 2.75) is 19.1 Å². The fraction of sp³-hybridized carbons (Fsp3) is 0.333. The number of nitrogens with zero attached hydrogens (tertiary/aromatic N) is 1. The molecule has 0 fully saturated rings. The molecule has 134 valence electrons. The van der Waals surface area contributed by atoms with Gasteiger partial charge in [0.05, 0.1) is 17.5 Å². The minimum atomic E-state index is -4.81. The molecule has 1 aromatic carbocycles. The lowest BCUT2D eigenvalue weighted by Crippen LogP contribution is -2.37. The second-order valence-corrected chi connectivity index (χ2v) is 5.27. The Bertz CT molecular complexity index is 934. The van der Waals surface area contributed by atoms with Crippen LogP contribution in [0, 0.1) is 11.6 Å². The largest absolute Gasteiger partial charge is 0.486 e. The van der Waals surface area contributed by atoms with E-state index in [1.54, 1.807) is 0 Å². The van der Waals surface area contributed by atoms with Crippen molar-refractivity contribution in [1.82, 2.24) is 4.57 Å². The number of carbonyl (C=O) groups excluding carboxylic acids is 1. The van der Waals surface area contributed by atoms with Crippen molar-refractivity contribution in [2.24, 2.45) is 0 Å². The number of benzene rings is 1. The highest BCUT2D eigenvalue weighted by atomic mass is 19.4. The normalized spacial score (nSPS) is 16.6. The minimum absolute atomic E-state index is 0.120. The molecular formula is C15H10F5NO4. The predicted octanol–water partition coefficient (Wildman–Crippen LogP) is 2.95. The third-order valence-electron chi connectivity index (χ3n) is 3.76. The van der Waals surface area contributed by atoms with Crippen molar-refractivity contribution >= 4 is 16.9 Å². The van der Waals surface area contributed by atoms with Gasteiger partial charge >= 0.3 is 12.1 Å². The Morgan fingerprint density at radius 3 is 2.68 bits per heavy atom. The molecule has 2 aromatic rings. The highest BCUT2D eigenvalue weighted by molar-refractivity contribution is 5.95. The van der Waals surface area contributed by atoms with E-state index in [9.17, 15) is 31.5 Å². The smallest absolute Gasteiger partial charge is 0.412 e. The zero-order chi connectivity index (χ0) is 18.5. The lowest BCUT2D eigenvalue weighted by Gasteiger charge is -2.30.